The number of carbonyl (C=O) groups excluding carboxylic acids is 1. The van der Waals surface area contributed by atoms with Crippen LogP contribution in [-0.2, 0) is 9.59 Å². The van der Waals surface area contributed by atoms with E-state index in [1.807, 2.05) is 42.5 Å². The van der Waals surface area contributed by atoms with Crippen LogP contribution in [0.2, 0.25) is 0 Å². The van der Waals surface area contributed by atoms with E-state index in [-0.39, 0.29) is 24.9 Å². The molecule has 22 heavy (non-hydrogen) atoms. The first-order valence-electron chi connectivity index (χ1n) is 6.69. The third kappa shape index (κ3) is 4.19. The number of carboxylic acids is 1. The van der Waals surface area contributed by atoms with Crippen LogP contribution in [0.3, 0.4) is 0 Å². The number of aliphatic carboxylic acids is 1. The quantitative estimate of drug-likeness (QED) is 0.887. The summed E-state index contributed by atoms with van der Waals surface area (Å²) in [6, 6.07) is 12.8. The van der Waals surface area contributed by atoms with Crippen molar-refractivity contribution in [2.75, 3.05) is 18.9 Å². The fourth-order valence-corrected chi connectivity index (χ4v) is 2.08. The highest BCUT2D eigenvalue weighted by Crippen LogP contribution is 2.22. The summed E-state index contributed by atoms with van der Waals surface area (Å²) in [6.07, 6.45) is 0. The average molecular weight is 323 g/mol. The Morgan fingerprint density at radius 1 is 1.18 bits per heavy atom. The molecule has 5 nitrogen and oxygen atoms in total. The van der Waals surface area contributed by atoms with E-state index < -0.39 is 12.0 Å². The smallest absolute Gasteiger partial charge is 0.320 e. The van der Waals surface area contributed by atoms with Gasteiger partial charge in [-0.1, -0.05) is 36.4 Å². The van der Waals surface area contributed by atoms with Crippen LogP contribution in [-0.4, -0.2) is 41.5 Å². The van der Waals surface area contributed by atoms with Gasteiger partial charge < -0.3 is 10.4 Å². The van der Waals surface area contributed by atoms with Crippen LogP contribution < -0.4 is 5.32 Å². The van der Waals surface area contributed by atoms with Gasteiger partial charge in [-0.3, -0.25) is 14.5 Å². The first-order chi connectivity index (χ1) is 9.99. The van der Waals surface area contributed by atoms with Crippen LogP contribution in [0.5, 0.6) is 0 Å². The highest BCUT2D eigenvalue weighted by molar-refractivity contribution is 6.02. The first-order valence-corrected chi connectivity index (χ1v) is 6.69. The second-order valence-electron chi connectivity index (χ2n) is 5.00. The van der Waals surface area contributed by atoms with Crippen molar-refractivity contribution in [1.82, 2.24) is 4.90 Å². The summed E-state index contributed by atoms with van der Waals surface area (Å²) in [5, 5.41) is 13.8. The molecule has 0 heterocycles. The summed E-state index contributed by atoms with van der Waals surface area (Å²) >= 11 is 0. The maximum absolute atomic E-state index is 12.0. The number of carbonyl (C=O) groups is 2. The number of amides is 1. The predicted molar refractivity (Wildman–Crippen MR) is 89.6 cm³/mol. The molecule has 0 aliphatic carbocycles. The van der Waals surface area contributed by atoms with E-state index in [0.717, 1.165) is 16.5 Å². The fourth-order valence-electron chi connectivity index (χ4n) is 2.08. The van der Waals surface area contributed by atoms with E-state index in [0.29, 0.717) is 0 Å². The molecule has 1 atom stereocenters. The molecule has 0 bridgehead atoms. The lowest BCUT2D eigenvalue weighted by molar-refractivity contribution is -0.142. The summed E-state index contributed by atoms with van der Waals surface area (Å²) in [4.78, 5) is 24.4. The Kier molecular flexibility index (Phi) is 6.34. The van der Waals surface area contributed by atoms with Gasteiger partial charge in [0.1, 0.15) is 6.04 Å². The number of nitrogens with one attached hydrogen (secondary N) is 1. The van der Waals surface area contributed by atoms with Gasteiger partial charge in [-0.15, -0.1) is 12.4 Å². The van der Waals surface area contributed by atoms with Crippen molar-refractivity contribution in [1.29, 1.82) is 0 Å². The predicted octanol–water partition coefficient (Wildman–Crippen LogP) is 2.61. The monoisotopic (exact) mass is 322 g/mol. The Morgan fingerprint density at radius 2 is 1.82 bits per heavy atom. The van der Waals surface area contributed by atoms with Crippen molar-refractivity contribution in [2.24, 2.45) is 0 Å². The van der Waals surface area contributed by atoms with E-state index in [9.17, 15) is 9.59 Å². The van der Waals surface area contributed by atoms with Gasteiger partial charge in [0.2, 0.25) is 5.91 Å². The lowest BCUT2D eigenvalue weighted by atomic mass is 10.1. The van der Waals surface area contributed by atoms with Gasteiger partial charge >= 0.3 is 5.97 Å². The van der Waals surface area contributed by atoms with Crippen LogP contribution in [0.25, 0.3) is 10.8 Å². The summed E-state index contributed by atoms with van der Waals surface area (Å²) in [5.41, 5.74) is 0.731. The van der Waals surface area contributed by atoms with E-state index >= 15 is 0 Å². The summed E-state index contributed by atoms with van der Waals surface area (Å²) in [7, 11) is 1.61. The van der Waals surface area contributed by atoms with Crippen LogP contribution in [0.1, 0.15) is 6.92 Å². The van der Waals surface area contributed by atoms with Crippen molar-refractivity contribution in [2.45, 2.75) is 13.0 Å². The zero-order chi connectivity index (χ0) is 15.4. The van der Waals surface area contributed by atoms with Gasteiger partial charge in [0.05, 0.1) is 6.54 Å². The molecule has 0 aromatic heterocycles. The van der Waals surface area contributed by atoms with Crippen LogP contribution >= 0.6 is 12.4 Å². The molecular formula is C16H19ClN2O3. The maximum atomic E-state index is 12.0. The third-order valence-corrected chi connectivity index (χ3v) is 3.48. The van der Waals surface area contributed by atoms with Gasteiger partial charge in [-0.2, -0.15) is 0 Å². The number of hydrogen-bond acceptors (Lipinski definition) is 3. The first kappa shape index (κ1) is 17.9. The van der Waals surface area contributed by atoms with Crippen LogP contribution in [0.15, 0.2) is 42.5 Å². The number of rotatable bonds is 5. The fraction of sp³-hybridized carbons (Fsp3) is 0.250. The topological polar surface area (TPSA) is 69.6 Å². The Bertz CT molecular complexity index is 670. The molecule has 0 aliphatic rings. The number of fused-ring (bicyclic) bond motifs is 1. The van der Waals surface area contributed by atoms with Crippen molar-refractivity contribution in [3.63, 3.8) is 0 Å². The zero-order valence-electron chi connectivity index (χ0n) is 12.4. The van der Waals surface area contributed by atoms with Crippen molar-refractivity contribution < 1.29 is 14.7 Å². The second kappa shape index (κ2) is 7.77. The Hall–Kier alpha value is -2.11. The number of nitrogens with zero attached hydrogens (tertiary/aromatic N) is 1. The van der Waals surface area contributed by atoms with Crippen molar-refractivity contribution in [3.8, 4) is 0 Å². The Balaban J connectivity index is 0.00000242. The van der Waals surface area contributed by atoms with Crippen LogP contribution in [0.4, 0.5) is 5.69 Å². The third-order valence-electron chi connectivity index (χ3n) is 3.48. The number of hydrogen-bond donors (Lipinski definition) is 2. The van der Waals surface area contributed by atoms with Gasteiger partial charge in [0.25, 0.3) is 0 Å². The molecule has 0 aliphatic heterocycles. The van der Waals surface area contributed by atoms with Crippen LogP contribution in [0, 0.1) is 0 Å². The Morgan fingerprint density at radius 3 is 2.50 bits per heavy atom. The number of benzene rings is 2. The molecule has 0 spiro atoms. The number of anilines is 1. The zero-order valence-corrected chi connectivity index (χ0v) is 13.3. The maximum Gasteiger partial charge on any atom is 0.320 e. The van der Waals surface area contributed by atoms with Gasteiger partial charge in [-0.05, 0) is 25.4 Å². The van der Waals surface area contributed by atoms with E-state index in [1.54, 1.807) is 14.0 Å². The van der Waals surface area contributed by atoms with Gasteiger partial charge in [-0.25, -0.2) is 0 Å². The standard InChI is InChI=1S/C16H18N2O3.ClH/c1-11(16(20)21)18(2)10-15(19)17-14-9-5-7-12-6-3-4-8-13(12)14;/h3-9,11H,10H2,1-2H3,(H,17,19)(H,20,21);1H. The molecule has 0 saturated carbocycles. The normalized spacial score (nSPS) is 11.8. The SMILES string of the molecule is CC(C(=O)O)N(C)CC(=O)Nc1cccc2ccccc12.Cl. The molecule has 2 aromatic carbocycles. The largest absolute Gasteiger partial charge is 0.480 e. The molecule has 0 fully saturated rings. The molecule has 2 rings (SSSR count). The lowest BCUT2D eigenvalue weighted by Crippen LogP contribution is -2.40. The molecule has 1 amide bonds. The van der Waals surface area contributed by atoms with E-state index in [2.05, 4.69) is 5.32 Å². The Labute approximate surface area is 135 Å². The second-order valence-corrected chi connectivity index (χ2v) is 5.00. The van der Waals surface area contributed by atoms with E-state index in [4.69, 9.17) is 5.11 Å². The summed E-state index contributed by atoms with van der Waals surface area (Å²) < 4.78 is 0. The number of likely N-dealkylation sites (N-methyl/N-ethyl adjacent to an activating group) is 1. The minimum atomic E-state index is -0.949. The minimum absolute atomic E-state index is 0. The molecule has 6 heteroatoms. The van der Waals surface area contributed by atoms with Crippen molar-refractivity contribution >= 4 is 40.7 Å². The highest BCUT2D eigenvalue weighted by atomic mass is 35.5. The summed E-state index contributed by atoms with van der Waals surface area (Å²) in [6.45, 7) is 1.57. The summed E-state index contributed by atoms with van der Waals surface area (Å²) in [5.74, 6) is -1.18. The molecule has 1 unspecified atom stereocenters. The molecule has 2 aromatic rings. The lowest BCUT2D eigenvalue weighted by Gasteiger charge is -2.20. The molecule has 0 radical (unpaired) electrons. The molecular weight excluding hydrogens is 304 g/mol. The number of carboxylic acid groups (broad SMARTS) is 1. The van der Waals surface area contributed by atoms with Crippen molar-refractivity contribution in [3.05, 3.63) is 42.5 Å². The molecule has 0 saturated heterocycles. The molecule has 118 valence electrons. The molecule has 2 N–H and O–H groups in total. The van der Waals surface area contributed by atoms with E-state index in [1.165, 1.54) is 4.90 Å². The van der Waals surface area contributed by atoms with Gasteiger partial charge in [0.15, 0.2) is 0 Å². The van der Waals surface area contributed by atoms with Gasteiger partial charge in [0, 0.05) is 11.1 Å². The average Bonchev–Trinajstić information content (AvgIpc) is 2.46. The highest BCUT2D eigenvalue weighted by Gasteiger charge is 2.19. The minimum Gasteiger partial charge on any atom is -0.480 e. The number of halogens is 1.